The summed E-state index contributed by atoms with van der Waals surface area (Å²) in [5.74, 6) is 0.491. The molecule has 1 heterocycles. The Morgan fingerprint density at radius 3 is 2.81 bits per heavy atom. The molecule has 0 saturated heterocycles. The van der Waals surface area contributed by atoms with E-state index in [4.69, 9.17) is 4.74 Å². The van der Waals surface area contributed by atoms with Crippen LogP contribution in [0.5, 0.6) is 5.88 Å². The highest BCUT2D eigenvalue weighted by molar-refractivity contribution is 5.55. The minimum atomic E-state index is -0.375. The molecular formula is C15H17N3O3. The van der Waals surface area contributed by atoms with Gasteiger partial charge >= 0.3 is 0 Å². The number of ether oxygens (including phenoxy) is 1. The molecule has 110 valence electrons. The molecule has 1 unspecified atom stereocenters. The maximum absolute atomic E-state index is 11.1. The van der Waals surface area contributed by atoms with Gasteiger partial charge in [0.25, 0.3) is 5.69 Å². The second-order valence-corrected chi connectivity index (χ2v) is 4.47. The largest absolute Gasteiger partial charge is 0.476 e. The first kappa shape index (κ1) is 14.8. The number of aromatic nitrogens is 1. The number of hydrogen-bond acceptors (Lipinski definition) is 5. The van der Waals surface area contributed by atoms with Gasteiger partial charge in [0.05, 0.1) is 28.8 Å². The third-order valence-electron chi connectivity index (χ3n) is 3.02. The molecule has 0 aliphatic carbocycles. The van der Waals surface area contributed by atoms with Gasteiger partial charge in [0.15, 0.2) is 0 Å². The molecule has 1 aromatic carbocycles. The van der Waals surface area contributed by atoms with Crippen molar-refractivity contribution in [2.24, 2.45) is 0 Å². The Bertz CT molecular complexity index is 631. The normalized spacial score (nSPS) is 11.7. The van der Waals surface area contributed by atoms with Gasteiger partial charge in [-0.1, -0.05) is 18.2 Å². The molecule has 0 saturated carbocycles. The van der Waals surface area contributed by atoms with Crippen molar-refractivity contribution in [2.45, 2.75) is 19.9 Å². The molecule has 1 N–H and O–H groups in total. The summed E-state index contributed by atoms with van der Waals surface area (Å²) < 4.78 is 5.44. The lowest BCUT2D eigenvalue weighted by molar-refractivity contribution is -0.385. The first-order chi connectivity index (χ1) is 10.1. The average Bonchev–Trinajstić information content (AvgIpc) is 2.49. The fourth-order valence-corrected chi connectivity index (χ4v) is 2.08. The lowest BCUT2D eigenvalue weighted by atomic mass is 10.1. The third kappa shape index (κ3) is 3.47. The standard InChI is InChI=1S/C15H17N3O3/c1-3-21-15-13(8-6-10-16-15)17-11(2)12-7-4-5-9-14(12)18(19)20/h4-11,17H,3H2,1-2H3. The molecule has 2 rings (SSSR count). The Balaban J connectivity index is 2.26. The minimum Gasteiger partial charge on any atom is -0.476 e. The minimum absolute atomic E-state index is 0.0966. The fourth-order valence-electron chi connectivity index (χ4n) is 2.08. The van der Waals surface area contributed by atoms with Crippen molar-refractivity contribution in [3.63, 3.8) is 0 Å². The molecule has 1 atom stereocenters. The Labute approximate surface area is 122 Å². The molecular weight excluding hydrogens is 270 g/mol. The summed E-state index contributed by atoms with van der Waals surface area (Å²) in [5.41, 5.74) is 1.43. The highest BCUT2D eigenvalue weighted by atomic mass is 16.6. The van der Waals surface area contributed by atoms with Crippen molar-refractivity contribution in [1.82, 2.24) is 4.98 Å². The molecule has 0 aliphatic heterocycles. The van der Waals surface area contributed by atoms with Crippen molar-refractivity contribution in [3.8, 4) is 5.88 Å². The molecule has 0 amide bonds. The summed E-state index contributed by atoms with van der Waals surface area (Å²) >= 11 is 0. The molecule has 0 bridgehead atoms. The van der Waals surface area contributed by atoms with Crippen LogP contribution >= 0.6 is 0 Å². The highest BCUT2D eigenvalue weighted by Crippen LogP contribution is 2.30. The third-order valence-corrected chi connectivity index (χ3v) is 3.02. The summed E-state index contributed by atoms with van der Waals surface area (Å²) in [6.45, 7) is 4.25. The second-order valence-electron chi connectivity index (χ2n) is 4.47. The van der Waals surface area contributed by atoms with Gasteiger partial charge in [0.2, 0.25) is 5.88 Å². The lowest BCUT2D eigenvalue weighted by Gasteiger charge is -2.17. The van der Waals surface area contributed by atoms with Crippen LogP contribution in [-0.4, -0.2) is 16.5 Å². The zero-order valence-corrected chi connectivity index (χ0v) is 11.9. The van der Waals surface area contributed by atoms with Crippen molar-refractivity contribution in [1.29, 1.82) is 0 Å². The molecule has 21 heavy (non-hydrogen) atoms. The van der Waals surface area contributed by atoms with Gasteiger partial charge in [-0.25, -0.2) is 4.98 Å². The van der Waals surface area contributed by atoms with Crippen molar-refractivity contribution >= 4 is 11.4 Å². The molecule has 2 aromatic rings. The summed E-state index contributed by atoms with van der Waals surface area (Å²) in [4.78, 5) is 14.9. The molecule has 0 radical (unpaired) electrons. The molecule has 6 nitrogen and oxygen atoms in total. The summed E-state index contributed by atoms with van der Waals surface area (Å²) in [6.07, 6.45) is 1.64. The summed E-state index contributed by atoms with van der Waals surface area (Å²) in [6, 6.07) is 10.1. The Morgan fingerprint density at radius 2 is 2.10 bits per heavy atom. The van der Waals surface area contributed by atoms with E-state index in [9.17, 15) is 10.1 Å². The molecule has 0 aliphatic rings. The van der Waals surface area contributed by atoms with Gasteiger partial charge < -0.3 is 10.1 Å². The van der Waals surface area contributed by atoms with Gasteiger partial charge in [0.1, 0.15) is 0 Å². The van der Waals surface area contributed by atoms with Crippen molar-refractivity contribution in [3.05, 3.63) is 58.3 Å². The summed E-state index contributed by atoms with van der Waals surface area (Å²) in [7, 11) is 0. The van der Waals surface area contributed by atoms with Crippen LogP contribution in [0, 0.1) is 10.1 Å². The molecule has 0 fully saturated rings. The maximum Gasteiger partial charge on any atom is 0.274 e. The molecule has 1 aromatic heterocycles. The number of nitrogens with zero attached hydrogens (tertiary/aromatic N) is 2. The SMILES string of the molecule is CCOc1ncccc1NC(C)c1ccccc1[N+](=O)[O-]. The van der Waals surface area contributed by atoms with Crippen LogP contribution in [0.15, 0.2) is 42.6 Å². The molecule has 0 spiro atoms. The zero-order chi connectivity index (χ0) is 15.2. The number of nitro benzene ring substituents is 1. The highest BCUT2D eigenvalue weighted by Gasteiger charge is 2.19. The van der Waals surface area contributed by atoms with E-state index in [0.29, 0.717) is 23.7 Å². The van der Waals surface area contributed by atoms with E-state index in [1.54, 1.807) is 30.5 Å². The van der Waals surface area contributed by atoms with Crippen LogP contribution in [0.4, 0.5) is 11.4 Å². The number of anilines is 1. The van der Waals surface area contributed by atoms with Crippen LogP contribution in [0.2, 0.25) is 0 Å². The molecule has 6 heteroatoms. The topological polar surface area (TPSA) is 77.3 Å². The van der Waals surface area contributed by atoms with E-state index in [1.807, 2.05) is 19.9 Å². The van der Waals surface area contributed by atoms with Crippen molar-refractivity contribution in [2.75, 3.05) is 11.9 Å². The van der Waals surface area contributed by atoms with Crippen LogP contribution in [-0.2, 0) is 0 Å². The van der Waals surface area contributed by atoms with Gasteiger partial charge in [-0.05, 0) is 26.0 Å². The van der Waals surface area contributed by atoms with Crippen molar-refractivity contribution < 1.29 is 9.66 Å². The number of rotatable bonds is 6. The Kier molecular flexibility index (Phi) is 4.71. The Morgan fingerprint density at radius 1 is 1.33 bits per heavy atom. The number of benzene rings is 1. The lowest BCUT2D eigenvalue weighted by Crippen LogP contribution is -2.10. The van der Waals surface area contributed by atoms with E-state index in [1.165, 1.54) is 6.07 Å². The van der Waals surface area contributed by atoms with Gasteiger partial charge in [-0.15, -0.1) is 0 Å². The number of nitrogens with one attached hydrogen (secondary N) is 1. The number of para-hydroxylation sites is 1. The van der Waals surface area contributed by atoms with E-state index in [-0.39, 0.29) is 16.7 Å². The fraction of sp³-hybridized carbons (Fsp3) is 0.267. The maximum atomic E-state index is 11.1. The van der Waals surface area contributed by atoms with Crippen LogP contribution in [0.1, 0.15) is 25.5 Å². The second kappa shape index (κ2) is 6.69. The van der Waals surface area contributed by atoms with Crippen LogP contribution in [0.3, 0.4) is 0 Å². The van der Waals surface area contributed by atoms with E-state index < -0.39 is 0 Å². The van der Waals surface area contributed by atoms with E-state index in [0.717, 1.165) is 0 Å². The van der Waals surface area contributed by atoms with E-state index >= 15 is 0 Å². The number of hydrogen-bond donors (Lipinski definition) is 1. The summed E-state index contributed by atoms with van der Waals surface area (Å²) in [5, 5.41) is 14.3. The number of nitro groups is 1. The predicted molar refractivity (Wildman–Crippen MR) is 80.5 cm³/mol. The van der Waals surface area contributed by atoms with Gasteiger partial charge in [-0.2, -0.15) is 0 Å². The monoisotopic (exact) mass is 287 g/mol. The number of pyridine rings is 1. The zero-order valence-electron chi connectivity index (χ0n) is 11.9. The van der Waals surface area contributed by atoms with E-state index in [2.05, 4.69) is 10.3 Å². The first-order valence-electron chi connectivity index (χ1n) is 6.71. The van der Waals surface area contributed by atoms with Crippen LogP contribution in [0.25, 0.3) is 0 Å². The van der Waals surface area contributed by atoms with Crippen LogP contribution < -0.4 is 10.1 Å². The first-order valence-corrected chi connectivity index (χ1v) is 6.71. The quantitative estimate of drug-likeness (QED) is 0.649. The van der Waals surface area contributed by atoms with Gasteiger partial charge in [0, 0.05) is 12.3 Å². The average molecular weight is 287 g/mol. The Hall–Kier alpha value is -2.63. The smallest absolute Gasteiger partial charge is 0.274 e. The van der Waals surface area contributed by atoms with Gasteiger partial charge in [-0.3, -0.25) is 10.1 Å². The predicted octanol–water partition coefficient (Wildman–Crippen LogP) is 3.56.